The Balaban J connectivity index is 0.00000312. The Labute approximate surface area is 156 Å². The number of carbonyl (C=O) groups is 2. The molecule has 1 aromatic rings. The van der Waals surface area contributed by atoms with Crippen molar-refractivity contribution in [3.05, 3.63) is 29.8 Å². The Hall–Kier alpha value is -1.59. The Bertz CT molecular complexity index is 567. The predicted octanol–water partition coefficient (Wildman–Crippen LogP) is 3.36. The van der Waals surface area contributed by atoms with Crippen LogP contribution in [-0.4, -0.2) is 30.4 Å². The van der Waals surface area contributed by atoms with E-state index in [1.165, 1.54) is 0 Å². The van der Waals surface area contributed by atoms with Gasteiger partial charge in [0.05, 0.1) is 0 Å². The second-order valence-corrected chi connectivity index (χ2v) is 7.21. The number of rotatable bonds is 7. The van der Waals surface area contributed by atoms with Gasteiger partial charge in [0.2, 0.25) is 5.91 Å². The lowest BCUT2D eigenvalue weighted by Crippen LogP contribution is -2.42. The number of benzene rings is 1. The Morgan fingerprint density at radius 3 is 2.48 bits per heavy atom. The largest absolute Gasteiger partial charge is 0.347 e. The molecule has 25 heavy (non-hydrogen) atoms. The quantitative estimate of drug-likeness (QED) is 0.692. The lowest BCUT2D eigenvalue weighted by molar-refractivity contribution is -0.116. The van der Waals surface area contributed by atoms with Crippen LogP contribution in [0.3, 0.4) is 0 Å². The molecular formula is C19H30ClN3O2. The number of hydrogen-bond acceptors (Lipinski definition) is 3. The summed E-state index contributed by atoms with van der Waals surface area (Å²) in [6, 6.07) is 7.06. The molecule has 2 amide bonds. The molecule has 6 heteroatoms. The molecule has 1 fully saturated rings. The van der Waals surface area contributed by atoms with Gasteiger partial charge in [-0.25, -0.2) is 0 Å². The summed E-state index contributed by atoms with van der Waals surface area (Å²) in [4.78, 5) is 24.2. The number of hydrogen-bond donors (Lipinski definition) is 3. The molecule has 0 aromatic heterocycles. The van der Waals surface area contributed by atoms with Crippen molar-refractivity contribution in [2.45, 2.75) is 52.0 Å². The van der Waals surface area contributed by atoms with Crippen molar-refractivity contribution in [3.63, 3.8) is 0 Å². The highest BCUT2D eigenvalue weighted by Crippen LogP contribution is 2.16. The molecule has 1 unspecified atom stereocenters. The van der Waals surface area contributed by atoms with E-state index in [1.54, 1.807) is 24.3 Å². The van der Waals surface area contributed by atoms with Crippen LogP contribution in [-0.2, 0) is 4.79 Å². The van der Waals surface area contributed by atoms with E-state index in [4.69, 9.17) is 0 Å². The van der Waals surface area contributed by atoms with Gasteiger partial charge in [0.25, 0.3) is 5.91 Å². The zero-order valence-corrected chi connectivity index (χ0v) is 16.2. The molecule has 0 saturated carbocycles. The van der Waals surface area contributed by atoms with Crippen LogP contribution in [0, 0.1) is 5.92 Å². The van der Waals surface area contributed by atoms with E-state index < -0.39 is 0 Å². The lowest BCUT2D eigenvalue weighted by Gasteiger charge is -2.24. The van der Waals surface area contributed by atoms with E-state index in [-0.39, 0.29) is 29.8 Å². The van der Waals surface area contributed by atoms with Gasteiger partial charge in [-0.1, -0.05) is 6.92 Å². The summed E-state index contributed by atoms with van der Waals surface area (Å²) in [5.41, 5.74) is 1.11. The third-order valence-corrected chi connectivity index (χ3v) is 4.71. The maximum atomic E-state index is 12.2. The van der Waals surface area contributed by atoms with Crippen LogP contribution in [0.4, 0.5) is 5.69 Å². The third-order valence-electron chi connectivity index (χ3n) is 4.71. The zero-order chi connectivity index (χ0) is 17.6. The maximum absolute atomic E-state index is 12.2. The Kier molecular flexibility index (Phi) is 8.39. The van der Waals surface area contributed by atoms with Crippen LogP contribution < -0.4 is 16.0 Å². The summed E-state index contributed by atoms with van der Waals surface area (Å²) >= 11 is 0. The van der Waals surface area contributed by atoms with Crippen molar-refractivity contribution in [2.75, 3.05) is 18.4 Å². The average Bonchev–Trinajstić information content (AvgIpc) is 3.06. The predicted molar refractivity (Wildman–Crippen MR) is 104 cm³/mol. The SMILES string of the molecule is CCC(C)(C)NC(=O)c1ccc(NC(=O)CCC2CCNC2)cc1.Cl. The summed E-state index contributed by atoms with van der Waals surface area (Å²) in [6.07, 6.45) is 3.49. The van der Waals surface area contributed by atoms with Gasteiger partial charge in [0, 0.05) is 23.2 Å². The average molecular weight is 368 g/mol. The summed E-state index contributed by atoms with van der Waals surface area (Å²) < 4.78 is 0. The molecule has 0 radical (unpaired) electrons. The van der Waals surface area contributed by atoms with E-state index >= 15 is 0 Å². The molecule has 0 bridgehead atoms. The minimum atomic E-state index is -0.223. The van der Waals surface area contributed by atoms with Gasteiger partial charge >= 0.3 is 0 Å². The van der Waals surface area contributed by atoms with Crippen molar-refractivity contribution in [3.8, 4) is 0 Å². The van der Waals surface area contributed by atoms with Gasteiger partial charge in [-0.15, -0.1) is 12.4 Å². The number of anilines is 1. The number of carbonyl (C=O) groups excluding carboxylic acids is 2. The summed E-state index contributed by atoms with van der Waals surface area (Å²) in [7, 11) is 0. The molecule has 1 heterocycles. The first-order valence-electron chi connectivity index (χ1n) is 8.83. The minimum absolute atomic E-state index is 0. The highest BCUT2D eigenvalue weighted by atomic mass is 35.5. The zero-order valence-electron chi connectivity index (χ0n) is 15.4. The van der Waals surface area contributed by atoms with Crippen molar-refractivity contribution < 1.29 is 9.59 Å². The van der Waals surface area contributed by atoms with Crippen LogP contribution in [0.1, 0.15) is 56.8 Å². The van der Waals surface area contributed by atoms with Crippen LogP contribution in [0.5, 0.6) is 0 Å². The van der Waals surface area contributed by atoms with Crippen LogP contribution in [0.15, 0.2) is 24.3 Å². The molecule has 1 aromatic carbocycles. The first-order valence-corrected chi connectivity index (χ1v) is 8.83. The van der Waals surface area contributed by atoms with Crippen molar-refractivity contribution in [1.82, 2.24) is 10.6 Å². The molecule has 5 nitrogen and oxygen atoms in total. The van der Waals surface area contributed by atoms with Gasteiger partial charge in [0.1, 0.15) is 0 Å². The first kappa shape index (κ1) is 21.5. The van der Waals surface area contributed by atoms with Gasteiger partial charge in [-0.2, -0.15) is 0 Å². The van der Waals surface area contributed by atoms with Crippen LogP contribution in [0.25, 0.3) is 0 Å². The summed E-state index contributed by atoms with van der Waals surface area (Å²) in [5, 5.41) is 9.22. The molecule has 1 aliphatic rings. The molecule has 3 N–H and O–H groups in total. The second kappa shape index (κ2) is 9.78. The van der Waals surface area contributed by atoms with E-state index in [9.17, 15) is 9.59 Å². The Morgan fingerprint density at radius 2 is 1.92 bits per heavy atom. The molecule has 2 rings (SSSR count). The molecule has 0 spiro atoms. The molecule has 1 saturated heterocycles. The molecular weight excluding hydrogens is 338 g/mol. The van der Waals surface area contributed by atoms with Crippen LogP contribution in [0.2, 0.25) is 0 Å². The topological polar surface area (TPSA) is 70.2 Å². The van der Waals surface area contributed by atoms with E-state index in [0.29, 0.717) is 17.9 Å². The number of nitrogens with one attached hydrogen (secondary N) is 3. The van der Waals surface area contributed by atoms with Gasteiger partial charge in [-0.3, -0.25) is 9.59 Å². The van der Waals surface area contributed by atoms with Crippen molar-refractivity contribution >= 4 is 29.9 Å². The standard InChI is InChI=1S/C19H29N3O2.ClH/c1-4-19(2,3)22-18(24)15-6-8-16(9-7-15)21-17(23)10-5-14-11-12-20-13-14;/h6-9,14,20H,4-5,10-13H2,1-3H3,(H,21,23)(H,22,24);1H. The first-order chi connectivity index (χ1) is 11.4. The van der Waals surface area contributed by atoms with Gasteiger partial charge < -0.3 is 16.0 Å². The van der Waals surface area contributed by atoms with Crippen molar-refractivity contribution in [1.29, 1.82) is 0 Å². The maximum Gasteiger partial charge on any atom is 0.251 e. The Morgan fingerprint density at radius 1 is 1.24 bits per heavy atom. The molecule has 0 aliphatic carbocycles. The molecule has 140 valence electrons. The monoisotopic (exact) mass is 367 g/mol. The third kappa shape index (κ3) is 7.04. The van der Waals surface area contributed by atoms with Gasteiger partial charge in [-0.05, 0) is 76.4 Å². The molecule has 1 aliphatic heterocycles. The molecule has 1 atom stereocenters. The fraction of sp³-hybridized carbons (Fsp3) is 0.579. The highest BCUT2D eigenvalue weighted by molar-refractivity contribution is 5.96. The summed E-state index contributed by atoms with van der Waals surface area (Å²) in [6.45, 7) is 8.12. The normalized spacial score (nSPS) is 16.8. The minimum Gasteiger partial charge on any atom is -0.347 e. The summed E-state index contributed by atoms with van der Waals surface area (Å²) in [5.74, 6) is 0.559. The van der Waals surface area contributed by atoms with Gasteiger partial charge in [0.15, 0.2) is 0 Å². The lowest BCUT2D eigenvalue weighted by atomic mass is 10.0. The van der Waals surface area contributed by atoms with Crippen molar-refractivity contribution in [2.24, 2.45) is 5.92 Å². The van der Waals surface area contributed by atoms with E-state index in [1.807, 2.05) is 20.8 Å². The highest BCUT2D eigenvalue weighted by Gasteiger charge is 2.19. The second-order valence-electron chi connectivity index (χ2n) is 7.21. The van der Waals surface area contributed by atoms with E-state index in [0.717, 1.165) is 38.0 Å². The fourth-order valence-electron chi connectivity index (χ4n) is 2.69. The van der Waals surface area contributed by atoms with Crippen LogP contribution >= 0.6 is 12.4 Å². The fourth-order valence-corrected chi connectivity index (χ4v) is 2.69. The smallest absolute Gasteiger partial charge is 0.251 e. The number of amides is 2. The van der Waals surface area contributed by atoms with E-state index in [2.05, 4.69) is 16.0 Å². The number of halogens is 1.